The van der Waals surface area contributed by atoms with Crippen molar-refractivity contribution < 1.29 is 0 Å². The van der Waals surface area contributed by atoms with Gasteiger partial charge in [0.2, 0.25) is 0 Å². The first-order chi connectivity index (χ1) is 36.6. The monoisotopic (exact) mass is 1000 g/mol. The van der Waals surface area contributed by atoms with E-state index in [2.05, 4.69) is 0 Å². The molecule has 0 nitrogen and oxygen atoms in total. The summed E-state index contributed by atoms with van der Waals surface area (Å²) < 4.78 is 0. The van der Waals surface area contributed by atoms with Crippen molar-refractivity contribution in [3.05, 3.63) is 0 Å². The number of rotatable bonds is 0. The first-order valence-corrected chi connectivity index (χ1v) is 36.6. The molecule has 74 heavy (non-hydrogen) atoms. The standard InChI is InChI=1S/C12H18.C12H22.2C10H16.C9H14.C8H12.C7H10.C6H8/c1-2-8-5-7(1)11-9-3-4-10(6-9)12(8)11;1-2-6-12-9-3-7-11(5-1)8-4-10-12;1-7-2-9-4-8(1)5-10(3-7)6-9;1-2-9-7-4-5-8(6-7)10(9)3-1;1-2-7-5-6(1)8-3-4-9(7)8;1-2-6-3-5(1)7-4-8(6)7;1-2-4-6-5(3-1)7(4)6;1-2-4-5-3(1)6(4)5/h7-12H,1-6H2;11-12H,1-10H2;2*7-10H,1-6H2;6-9H,1-5H2;5-8H,1-4H2;4-7H,1-3H2;3-6H,1-2H2. The molecule has 0 heterocycles. The molecule has 0 aromatic heterocycles. The predicted molar refractivity (Wildman–Crippen MR) is 306 cm³/mol. The predicted octanol–water partition coefficient (Wildman–Crippen LogP) is 20.3. The Kier molecular flexibility index (Phi) is 13.1. The Morgan fingerprint density at radius 3 is 0.649 bits per heavy atom. The largest absolute Gasteiger partial charge is 0.0530 e. The van der Waals surface area contributed by atoms with E-state index in [0.717, 1.165) is 11.8 Å². The van der Waals surface area contributed by atoms with Gasteiger partial charge in [0.1, 0.15) is 0 Å². The van der Waals surface area contributed by atoms with E-state index in [4.69, 9.17) is 0 Å². The molecular formula is C74H116. The lowest BCUT2D eigenvalue weighted by atomic mass is 9.56. The summed E-state index contributed by atoms with van der Waals surface area (Å²) in [5.74, 6) is 39.0. The van der Waals surface area contributed by atoms with E-state index in [1.54, 1.807) is 244 Å². The van der Waals surface area contributed by atoms with Crippen LogP contribution >= 0.6 is 0 Å². The van der Waals surface area contributed by atoms with Crippen LogP contribution in [0, 0.1) is 189 Å². The van der Waals surface area contributed by atoms with Gasteiger partial charge >= 0.3 is 0 Å². The van der Waals surface area contributed by atoms with Crippen molar-refractivity contribution in [3.63, 3.8) is 0 Å². The maximum atomic E-state index is 1.64. The molecule has 412 valence electrons. The molecular weight excluding hydrogens is 889 g/mol. The second-order valence-corrected chi connectivity index (χ2v) is 34.8. The summed E-state index contributed by atoms with van der Waals surface area (Å²) in [6.45, 7) is 0. The molecule has 28 rings (SSSR count). The fourth-order valence-corrected chi connectivity index (χ4v) is 28.6. The Bertz CT molecular complexity index is 1710. The number of hydrogen-bond donors (Lipinski definition) is 0. The van der Waals surface area contributed by atoms with Crippen molar-refractivity contribution in [1.82, 2.24) is 0 Å². The molecule has 0 heteroatoms. The van der Waals surface area contributed by atoms with E-state index in [1.807, 2.05) is 0 Å². The average molecular weight is 1010 g/mol. The summed E-state index contributed by atoms with van der Waals surface area (Å²) in [4.78, 5) is 0. The van der Waals surface area contributed by atoms with Crippen LogP contribution in [0.15, 0.2) is 0 Å². The van der Waals surface area contributed by atoms with Crippen molar-refractivity contribution in [2.75, 3.05) is 0 Å². The molecule has 28 aliphatic rings. The highest BCUT2D eigenvalue weighted by Gasteiger charge is 2.76. The highest BCUT2D eigenvalue weighted by molar-refractivity contribution is 5.24. The summed E-state index contributed by atoms with van der Waals surface area (Å²) >= 11 is 0. The van der Waals surface area contributed by atoms with Crippen molar-refractivity contribution in [2.24, 2.45) is 189 Å². The minimum Gasteiger partial charge on any atom is -0.0530 e. The first-order valence-electron chi connectivity index (χ1n) is 36.6. The molecule has 0 aromatic carbocycles. The zero-order valence-electron chi connectivity index (χ0n) is 48.2. The lowest BCUT2D eigenvalue weighted by Crippen LogP contribution is -2.38. The van der Waals surface area contributed by atoms with Crippen LogP contribution in [-0.2, 0) is 0 Å². The fourth-order valence-electron chi connectivity index (χ4n) is 28.6. The summed E-state index contributed by atoms with van der Waals surface area (Å²) in [7, 11) is 0. The minimum absolute atomic E-state index is 1.11. The van der Waals surface area contributed by atoms with E-state index in [-0.39, 0.29) is 0 Å². The molecule has 0 amide bonds. The maximum Gasteiger partial charge on any atom is -0.0318 e. The third-order valence-electron chi connectivity index (χ3n) is 31.8. The molecule has 0 radical (unpaired) electrons. The maximum absolute atomic E-state index is 1.64. The third-order valence-corrected chi connectivity index (χ3v) is 31.8. The minimum atomic E-state index is 1.11. The number of fused-ring (bicyclic) bond motifs is 34. The smallest absolute Gasteiger partial charge is 0.0318 e. The van der Waals surface area contributed by atoms with E-state index >= 15 is 0 Å². The highest BCUT2D eigenvalue weighted by Crippen LogP contribution is 2.82. The van der Waals surface area contributed by atoms with Crippen LogP contribution in [0.3, 0.4) is 0 Å². The van der Waals surface area contributed by atoms with E-state index < -0.39 is 0 Å². The normalized spacial score (nSPS) is 60.3. The van der Waals surface area contributed by atoms with Gasteiger partial charge in [-0.15, -0.1) is 0 Å². The molecule has 0 saturated heterocycles. The van der Waals surface area contributed by atoms with Crippen LogP contribution in [0.2, 0.25) is 0 Å². The van der Waals surface area contributed by atoms with Gasteiger partial charge in [-0.2, -0.15) is 0 Å². The Balaban J connectivity index is 0.0000000700. The van der Waals surface area contributed by atoms with Gasteiger partial charge in [-0.25, -0.2) is 0 Å². The molecule has 28 fully saturated rings. The molecule has 0 spiro atoms. The van der Waals surface area contributed by atoms with Crippen LogP contribution < -0.4 is 0 Å². The van der Waals surface area contributed by atoms with Gasteiger partial charge < -0.3 is 0 Å². The van der Waals surface area contributed by atoms with Gasteiger partial charge in [0.25, 0.3) is 0 Å². The first kappa shape index (κ1) is 48.7. The van der Waals surface area contributed by atoms with Crippen molar-refractivity contribution >= 4 is 0 Å². The van der Waals surface area contributed by atoms with Crippen molar-refractivity contribution in [1.29, 1.82) is 0 Å². The highest BCUT2D eigenvalue weighted by atomic mass is 14.8. The van der Waals surface area contributed by atoms with Gasteiger partial charge in [0.05, 0.1) is 0 Å². The summed E-state index contributed by atoms with van der Waals surface area (Å²) in [6, 6.07) is 0. The Morgan fingerprint density at radius 1 is 0.122 bits per heavy atom. The van der Waals surface area contributed by atoms with Gasteiger partial charge in [-0.05, 0) is 382 Å². The molecule has 0 aliphatic heterocycles. The number of hydrogen-bond acceptors (Lipinski definition) is 0. The van der Waals surface area contributed by atoms with Crippen molar-refractivity contribution in [3.8, 4) is 0 Å². The molecule has 0 N–H and O–H groups in total. The lowest BCUT2D eigenvalue weighted by molar-refractivity contribution is 0.0198. The van der Waals surface area contributed by atoms with Gasteiger partial charge in [0, 0.05) is 0 Å². The fraction of sp³-hybridized carbons (Fsp3) is 1.00. The molecule has 0 aromatic rings. The zero-order valence-corrected chi connectivity index (χ0v) is 48.2. The summed E-state index contributed by atoms with van der Waals surface area (Å²) in [5.41, 5.74) is 0. The van der Waals surface area contributed by atoms with Gasteiger partial charge in [0.15, 0.2) is 0 Å². The lowest BCUT2D eigenvalue weighted by Gasteiger charge is -2.49. The van der Waals surface area contributed by atoms with Gasteiger partial charge in [-0.3, -0.25) is 0 Å². The molecule has 16 unspecified atom stereocenters. The zero-order chi connectivity index (χ0) is 48.2. The van der Waals surface area contributed by atoms with Crippen LogP contribution in [0.25, 0.3) is 0 Å². The molecule has 28 saturated carbocycles. The second-order valence-electron chi connectivity index (χ2n) is 34.8. The Morgan fingerprint density at radius 2 is 0.365 bits per heavy atom. The molecule has 16 atom stereocenters. The second kappa shape index (κ2) is 19.9. The Labute approximate surface area is 456 Å². The topological polar surface area (TPSA) is 0 Å². The van der Waals surface area contributed by atoms with Crippen LogP contribution in [0.1, 0.15) is 270 Å². The Hall–Kier alpha value is 0. The van der Waals surface area contributed by atoms with Crippen LogP contribution in [0.5, 0.6) is 0 Å². The van der Waals surface area contributed by atoms with Gasteiger partial charge in [-0.1, -0.05) is 77.0 Å². The quantitative estimate of drug-likeness (QED) is 0.212. The average Bonchev–Trinajstić information content (AvgIpc) is 4.17. The summed E-state index contributed by atoms with van der Waals surface area (Å²) in [5, 5.41) is 0. The molecule has 28 aliphatic carbocycles. The van der Waals surface area contributed by atoms with Crippen LogP contribution in [-0.4, -0.2) is 0 Å². The van der Waals surface area contributed by atoms with Crippen LogP contribution in [0.4, 0.5) is 0 Å². The van der Waals surface area contributed by atoms with E-state index in [9.17, 15) is 0 Å². The third kappa shape index (κ3) is 9.07. The van der Waals surface area contributed by atoms with Crippen molar-refractivity contribution in [2.45, 2.75) is 270 Å². The SMILES string of the molecule is C1C2CC3CC1CC(C2)C3.C1CC2C3C(C1)C23.C1CC2C3C1C23.C1CC2C3CCC(C3)C2C1.C1CC2CC1C1C3CCC(C3)C21.C1CC2CC1C1CC21.C1CC2CC1C1CCC21.C1CCC2CCCC(C1)CCC2. The van der Waals surface area contributed by atoms with E-state index in [1.165, 1.54) is 203 Å². The van der Waals surface area contributed by atoms with E-state index in [0.29, 0.717) is 0 Å². The molecule has 20 bridgehead atoms. The summed E-state index contributed by atoms with van der Waals surface area (Å²) in [6.07, 6.45) is 66.6.